The Labute approximate surface area is 201 Å². The molecule has 2 aromatic carbocycles. The second-order valence-corrected chi connectivity index (χ2v) is 11.2. The Balaban J connectivity index is 1.83. The lowest BCUT2D eigenvalue weighted by Gasteiger charge is -2.12. The zero-order valence-electron chi connectivity index (χ0n) is 17.1. The topological polar surface area (TPSA) is 107 Å². The van der Waals surface area contributed by atoms with Crippen LogP contribution in [0.2, 0.25) is 5.02 Å². The fourth-order valence-electron chi connectivity index (χ4n) is 3.03. The second kappa shape index (κ2) is 9.80. The van der Waals surface area contributed by atoms with Crippen molar-refractivity contribution in [3.05, 3.63) is 65.4 Å². The van der Waals surface area contributed by atoms with Crippen molar-refractivity contribution in [2.45, 2.75) is 35.5 Å². The van der Waals surface area contributed by atoms with Crippen molar-refractivity contribution in [2.24, 2.45) is 5.14 Å². The minimum Gasteiger partial charge on any atom is -0.326 e. The van der Waals surface area contributed by atoms with Crippen LogP contribution in [0.4, 0.5) is 5.69 Å². The van der Waals surface area contributed by atoms with E-state index in [1.165, 1.54) is 12.3 Å². The maximum Gasteiger partial charge on any atom is 0.238 e. The van der Waals surface area contributed by atoms with Gasteiger partial charge in [-0.05, 0) is 37.1 Å². The number of carbonyl (C=O) groups is 1. The maximum absolute atomic E-state index is 12.4. The second-order valence-electron chi connectivity index (χ2n) is 7.38. The van der Waals surface area contributed by atoms with Gasteiger partial charge in [0.15, 0.2) is 0 Å². The summed E-state index contributed by atoms with van der Waals surface area (Å²) in [4.78, 5) is 12.3. The Bertz CT molecular complexity index is 1240. The molecule has 0 atom stereocenters. The number of primary sulfonamides is 1. The number of aromatic nitrogens is 2. The van der Waals surface area contributed by atoms with E-state index >= 15 is 0 Å². The van der Waals surface area contributed by atoms with Crippen LogP contribution in [0.5, 0.6) is 0 Å². The van der Waals surface area contributed by atoms with Crippen LogP contribution in [-0.2, 0) is 27.8 Å². The summed E-state index contributed by atoms with van der Waals surface area (Å²) in [6.07, 6.45) is 3.70. The minimum absolute atomic E-state index is 0.0406. The quantitative estimate of drug-likeness (QED) is 0.427. The number of anilines is 1. The van der Waals surface area contributed by atoms with Gasteiger partial charge in [0, 0.05) is 34.6 Å². The molecule has 0 unspecified atom stereocenters. The molecule has 0 saturated heterocycles. The lowest BCUT2D eigenvalue weighted by atomic mass is 10.1. The Morgan fingerprint density at radius 3 is 2.59 bits per heavy atom. The first kappa shape index (κ1) is 24.5. The summed E-state index contributed by atoms with van der Waals surface area (Å²) in [7, 11) is -4.08. The van der Waals surface area contributed by atoms with Crippen LogP contribution in [0.3, 0.4) is 0 Å². The third-order valence-electron chi connectivity index (χ3n) is 4.60. The number of hydrogen-bond donors (Lipinski definition) is 2. The summed E-state index contributed by atoms with van der Waals surface area (Å²) in [5, 5.41) is 12.8. The monoisotopic (exact) mass is 514 g/mol. The molecular formula is C21H21Cl3N4O3S. The van der Waals surface area contributed by atoms with E-state index in [1.54, 1.807) is 54.2 Å². The van der Waals surface area contributed by atoms with Gasteiger partial charge in [-0.25, -0.2) is 13.6 Å². The van der Waals surface area contributed by atoms with E-state index in [4.69, 9.17) is 39.9 Å². The SMILES string of the molecule is CC(Cl)(Cl)CCn1cc(-c2ccc(NC(=O)Cc3ccccc3Cl)cc2S(N)(=O)=O)cn1. The van der Waals surface area contributed by atoms with Crippen molar-refractivity contribution >= 4 is 56.4 Å². The van der Waals surface area contributed by atoms with Gasteiger partial charge in [-0.15, -0.1) is 23.2 Å². The molecule has 1 amide bonds. The van der Waals surface area contributed by atoms with Gasteiger partial charge in [-0.3, -0.25) is 9.48 Å². The van der Waals surface area contributed by atoms with Crippen molar-refractivity contribution in [3.8, 4) is 11.1 Å². The number of carbonyl (C=O) groups excluding carboxylic acids is 1. The highest BCUT2D eigenvalue weighted by molar-refractivity contribution is 7.89. The summed E-state index contributed by atoms with van der Waals surface area (Å²) in [6.45, 7) is 2.13. The summed E-state index contributed by atoms with van der Waals surface area (Å²) in [5.74, 6) is -0.343. The van der Waals surface area contributed by atoms with Crippen molar-refractivity contribution in [1.29, 1.82) is 0 Å². The lowest BCUT2D eigenvalue weighted by molar-refractivity contribution is -0.115. The van der Waals surface area contributed by atoms with Crippen molar-refractivity contribution in [3.63, 3.8) is 0 Å². The van der Waals surface area contributed by atoms with E-state index in [-0.39, 0.29) is 17.2 Å². The van der Waals surface area contributed by atoms with Crippen LogP contribution in [0.1, 0.15) is 18.9 Å². The smallest absolute Gasteiger partial charge is 0.238 e. The minimum atomic E-state index is -4.08. The third kappa shape index (κ3) is 6.70. The van der Waals surface area contributed by atoms with Crippen molar-refractivity contribution < 1.29 is 13.2 Å². The average molecular weight is 516 g/mol. The summed E-state index contributed by atoms with van der Waals surface area (Å²) in [5.41, 5.74) is 1.87. The van der Waals surface area contributed by atoms with Gasteiger partial charge < -0.3 is 5.32 Å². The first-order valence-corrected chi connectivity index (χ1v) is 12.2. The first-order valence-electron chi connectivity index (χ1n) is 9.53. The number of sulfonamides is 1. The first-order chi connectivity index (χ1) is 14.9. The Hall–Kier alpha value is -2.10. The van der Waals surface area contributed by atoms with E-state index in [0.29, 0.717) is 40.4 Å². The molecule has 0 spiro atoms. The Kier molecular flexibility index (Phi) is 7.52. The number of hydrogen-bond acceptors (Lipinski definition) is 4. The molecule has 11 heteroatoms. The largest absolute Gasteiger partial charge is 0.326 e. The number of rotatable bonds is 8. The van der Waals surface area contributed by atoms with Crippen LogP contribution < -0.4 is 10.5 Å². The van der Waals surface area contributed by atoms with Crippen LogP contribution >= 0.6 is 34.8 Å². The lowest BCUT2D eigenvalue weighted by Crippen LogP contribution is -2.17. The molecule has 3 N–H and O–H groups in total. The van der Waals surface area contributed by atoms with Gasteiger partial charge >= 0.3 is 0 Å². The van der Waals surface area contributed by atoms with Crippen LogP contribution in [0.15, 0.2) is 59.8 Å². The molecule has 1 heterocycles. The Morgan fingerprint density at radius 1 is 1.22 bits per heavy atom. The Morgan fingerprint density at radius 2 is 1.94 bits per heavy atom. The fourth-order valence-corrected chi connectivity index (χ4v) is 4.18. The highest BCUT2D eigenvalue weighted by Gasteiger charge is 2.20. The molecule has 3 rings (SSSR count). The molecule has 32 heavy (non-hydrogen) atoms. The maximum atomic E-state index is 12.4. The van der Waals surface area contributed by atoms with Crippen LogP contribution in [0.25, 0.3) is 11.1 Å². The number of nitrogens with one attached hydrogen (secondary N) is 1. The number of halogens is 3. The number of amides is 1. The van der Waals surface area contributed by atoms with Gasteiger partial charge in [0.1, 0.15) is 4.33 Å². The standard InChI is InChI=1S/C21H21Cl3N4O3S/c1-21(23,24)8-9-28-13-15(12-26-28)17-7-6-16(11-19(17)32(25,30)31)27-20(29)10-14-4-2-3-5-18(14)22/h2-7,11-13H,8-10H2,1H3,(H,27,29)(H2,25,30,31). The molecule has 0 aliphatic heterocycles. The number of benzene rings is 2. The molecule has 3 aromatic rings. The van der Waals surface area contributed by atoms with Gasteiger partial charge in [0.05, 0.1) is 17.5 Å². The summed E-state index contributed by atoms with van der Waals surface area (Å²) >= 11 is 18.1. The molecule has 0 fully saturated rings. The molecule has 1 aromatic heterocycles. The number of alkyl halides is 2. The van der Waals surface area contributed by atoms with E-state index < -0.39 is 14.4 Å². The van der Waals surface area contributed by atoms with Gasteiger partial charge in [0.2, 0.25) is 15.9 Å². The molecule has 0 saturated carbocycles. The zero-order valence-corrected chi connectivity index (χ0v) is 20.1. The molecule has 7 nitrogen and oxygen atoms in total. The van der Waals surface area contributed by atoms with E-state index in [2.05, 4.69) is 10.4 Å². The molecule has 0 aliphatic carbocycles. The number of nitrogens with zero attached hydrogens (tertiary/aromatic N) is 2. The van der Waals surface area contributed by atoms with E-state index in [1.807, 2.05) is 0 Å². The number of nitrogens with two attached hydrogens (primary N) is 1. The zero-order chi connectivity index (χ0) is 23.5. The van der Waals surface area contributed by atoms with Gasteiger partial charge in [-0.2, -0.15) is 5.10 Å². The molecular weight excluding hydrogens is 495 g/mol. The molecule has 0 radical (unpaired) electrons. The van der Waals surface area contributed by atoms with Crippen molar-refractivity contribution in [1.82, 2.24) is 9.78 Å². The third-order valence-corrected chi connectivity index (χ3v) is 6.30. The number of aryl methyl sites for hydroxylation is 1. The highest BCUT2D eigenvalue weighted by Crippen LogP contribution is 2.30. The molecule has 170 valence electrons. The van der Waals surface area contributed by atoms with Gasteiger partial charge in [-0.1, -0.05) is 35.9 Å². The fraction of sp³-hybridized carbons (Fsp3) is 0.238. The molecule has 0 bridgehead atoms. The summed E-state index contributed by atoms with van der Waals surface area (Å²) in [6, 6.07) is 11.5. The van der Waals surface area contributed by atoms with Gasteiger partial charge in [0.25, 0.3) is 0 Å². The predicted octanol–water partition coefficient (Wildman–Crippen LogP) is 4.62. The molecule has 0 aliphatic rings. The normalized spacial score (nSPS) is 12.0. The van der Waals surface area contributed by atoms with Crippen LogP contribution in [-0.4, -0.2) is 28.4 Å². The van der Waals surface area contributed by atoms with Crippen LogP contribution in [0, 0.1) is 0 Å². The predicted molar refractivity (Wildman–Crippen MR) is 128 cm³/mol. The van der Waals surface area contributed by atoms with Crippen molar-refractivity contribution in [2.75, 3.05) is 5.32 Å². The van der Waals surface area contributed by atoms with E-state index in [0.717, 1.165) is 0 Å². The highest BCUT2D eigenvalue weighted by atomic mass is 35.5. The van der Waals surface area contributed by atoms with E-state index in [9.17, 15) is 13.2 Å². The summed E-state index contributed by atoms with van der Waals surface area (Å²) < 4.78 is 25.2. The average Bonchev–Trinajstić information content (AvgIpc) is 3.16.